The minimum Gasteiger partial charge on any atom is -0.481 e. The van der Waals surface area contributed by atoms with Gasteiger partial charge in [0, 0.05) is 13.3 Å². The molecule has 0 aromatic carbocycles. The first kappa shape index (κ1) is 22.6. The summed E-state index contributed by atoms with van der Waals surface area (Å²) < 4.78 is 4.11. The van der Waals surface area contributed by atoms with Crippen LogP contribution in [0, 0.1) is 40.4 Å². The Kier molecular flexibility index (Phi) is 7.00. The average Bonchev–Trinajstić information content (AvgIpc) is 3.02. The number of carbonyl (C=O) groups excluding carboxylic acids is 1. The summed E-state index contributed by atoms with van der Waals surface area (Å²) in [5.41, 5.74) is 1.07. The first-order valence-electron chi connectivity index (χ1n) is 12.0. The summed E-state index contributed by atoms with van der Waals surface area (Å²) in [5.74, 6) is 3.61. The van der Waals surface area contributed by atoms with E-state index in [1.165, 1.54) is 78.2 Å². The lowest BCUT2D eigenvalue weighted by Crippen LogP contribution is -2.52. The molecule has 7 atom stereocenters. The van der Waals surface area contributed by atoms with E-state index in [9.17, 15) is 9.59 Å². The van der Waals surface area contributed by atoms with Crippen LogP contribution in [0.2, 0.25) is 0 Å². The lowest BCUT2D eigenvalue weighted by molar-refractivity contribution is -0.139. The zero-order valence-corrected chi connectivity index (χ0v) is 19.0. The normalized spacial score (nSPS) is 43.1. The second-order valence-electron chi connectivity index (χ2n) is 10.8. The molecule has 4 fully saturated rings. The highest BCUT2D eigenvalue weighted by molar-refractivity contribution is 5.66. The van der Waals surface area contributed by atoms with Gasteiger partial charge in [0.1, 0.15) is 0 Å². The van der Waals surface area contributed by atoms with Crippen LogP contribution in [0.3, 0.4) is 0 Å². The largest absolute Gasteiger partial charge is 0.481 e. The van der Waals surface area contributed by atoms with Crippen molar-refractivity contribution in [2.24, 2.45) is 40.4 Å². The summed E-state index contributed by atoms with van der Waals surface area (Å²) in [4.78, 5) is 20.6. The van der Waals surface area contributed by atoms with E-state index in [-0.39, 0.29) is 5.97 Å². The Bertz CT molecular complexity index is 602. The monoisotopic (exact) mass is 406 g/mol. The Balaban J connectivity index is 0.000000431. The molecule has 0 bridgehead atoms. The predicted octanol–water partition coefficient (Wildman–Crippen LogP) is 6.08. The maximum atomic E-state index is 11.0. The first-order valence-corrected chi connectivity index (χ1v) is 12.0. The standard InChI is InChI=1S/C22H36O2.C3H6O2/c1-21-13-4-3-5-15(21)6-9-17-18-10-7-16(8-11-20(23)24)22(18,2)14-12-19(17)21;1-3(4)5-2/h15-19H,3-14H2,1-2H3,(H,23,24);1-2H3. The highest BCUT2D eigenvalue weighted by atomic mass is 16.5. The molecule has 4 aliphatic rings. The summed E-state index contributed by atoms with van der Waals surface area (Å²) in [5, 5.41) is 9.10. The highest BCUT2D eigenvalue weighted by Gasteiger charge is 2.59. The van der Waals surface area contributed by atoms with Crippen molar-refractivity contribution >= 4 is 11.9 Å². The van der Waals surface area contributed by atoms with Gasteiger partial charge in [-0.25, -0.2) is 0 Å². The molecule has 0 spiro atoms. The maximum absolute atomic E-state index is 11.0. The molecule has 4 nitrogen and oxygen atoms in total. The fraction of sp³-hybridized carbons (Fsp3) is 0.920. The SMILES string of the molecule is CC12CCCCC1CCC1C2CCC2(C)C(CCC(=O)O)CCC12.COC(C)=O. The topological polar surface area (TPSA) is 63.6 Å². The molecule has 1 N–H and O–H groups in total. The summed E-state index contributed by atoms with van der Waals surface area (Å²) in [6.45, 7) is 6.54. The minimum atomic E-state index is -0.606. The summed E-state index contributed by atoms with van der Waals surface area (Å²) in [6, 6.07) is 0. The molecule has 4 heteroatoms. The molecule has 0 aromatic rings. The van der Waals surface area contributed by atoms with Crippen LogP contribution < -0.4 is 0 Å². The lowest BCUT2D eigenvalue weighted by Gasteiger charge is -2.60. The van der Waals surface area contributed by atoms with Gasteiger partial charge in [0.2, 0.25) is 0 Å². The highest BCUT2D eigenvalue weighted by Crippen LogP contribution is 2.67. The van der Waals surface area contributed by atoms with Gasteiger partial charge in [-0.2, -0.15) is 0 Å². The Morgan fingerprint density at radius 3 is 2.28 bits per heavy atom. The van der Waals surface area contributed by atoms with Crippen LogP contribution in [-0.4, -0.2) is 24.2 Å². The molecule has 166 valence electrons. The van der Waals surface area contributed by atoms with Crippen molar-refractivity contribution in [1.29, 1.82) is 0 Å². The van der Waals surface area contributed by atoms with Crippen LogP contribution in [0.25, 0.3) is 0 Å². The van der Waals surface area contributed by atoms with Crippen molar-refractivity contribution < 1.29 is 19.4 Å². The van der Waals surface area contributed by atoms with Crippen molar-refractivity contribution in [3.05, 3.63) is 0 Å². The van der Waals surface area contributed by atoms with Crippen molar-refractivity contribution in [3.8, 4) is 0 Å². The molecule has 4 saturated carbocycles. The number of carboxylic acid groups (broad SMARTS) is 1. The Labute approximate surface area is 177 Å². The summed E-state index contributed by atoms with van der Waals surface area (Å²) in [7, 11) is 1.35. The Morgan fingerprint density at radius 2 is 1.62 bits per heavy atom. The maximum Gasteiger partial charge on any atom is 0.303 e. The molecule has 0 aromatic heterocycles. The van der Waals surface area contributed by atoms with Gasteiger partial charge in [-0.3, -0.25) is 9.59 Å². The molecular formula is C25H42O4. The van der Waals surface area contributed by atoms with Crippen LogP contribution in [0.5, 0.6) is 0 Å². The lowest BCUT2D eigenvalue weighted by atomic mass is 9.45. The Hall–Kier alpha value is -1.06. The molecular weight excluding hydrogens is 364 g/mol. The quantitative estimate of drug-likeness (QED) is 0.577. The number of methoxy groups -OCH3 is 1. The predicted molar refractivity (Wildman–Crippen MR) is 114 cm³/mol. The van der Waals surface area contributed by atoms with Gasteiger partial charge in [-0.1, -0.05) is 26.7 Å². The van der Waals surface area contributed by atoms with E-state index >= 15 is 0 Å². The van der Waals surface area contributed by atoms with Crippen LogP contribution in [0.1, 0.15) is 97.8 Å². The molecule has 7 unspecified atom stereocenters. The fourth-order valence-corrected chi connectivity index (χ4v) is 8.18. The van der Waals surface area contributed by atoms with Crippen LogP contribution in [0.4, 0.5) is 0 Å². The van der Waals surface area contributed by atoms with Gasteiger partial charge < -0.3 is 9.84 Å². The second kappa shape index (κ2) is 8.98. The third-order valence-corrected chi connectivity index (χ3v) is 9.77. The van der Waals surface area contributed by atoms with E-state index < -0.39 is 5.97 Å². The van der Waals surface area contributed by atoms with Gasteiger partial charge in [0.15, 0.2) is 0 Å². The van der Waals surface area contributed by atoms with Gasteiger partial charge >= 0.3 is 11.9 Å². The van der Waals surface area contributed by atoms with Crippen molar-refractivity contribution in [2.75, 3.05) is 7.11 Å². The van der Waals surface area contributed by atoms with E-state index in [1.54, 1.807) is 0 Å². The van der Waals surface area contributed by atoms with Crippen molar-refractivity contribution in [3.63, 3.8) is 0 Å². The number of aliphatic carboxylic acids is 1. The fourth-order valence-electron chi connectivity index (χ4n) is 8.18. The van der Waals surface area contributed by atoms with Gasteiger partial charge in [0.25, 0.3) is 0 Å². The van der Waals surface area contributed by atoms with Crippen LogP contribution >= 0.6 is 0 Å². The third-order valence-electron chi connectivity index (χ3n) is 9.77. The smallest absolute Gasteiger partial charge is 0.303 e. The number of carboxylic acids is 1. The zero-order valence-electron chi connectivity index (χ0n) is 19.0. The minimum absolute atomic E-state index is 0.245. The molecule has 0 radical (unpaired) electrons. The second-order valence-corrected chi connectivity index (χ2v) is 10.8. The molecule has 0 aliphatic heterocycles. The van der Waals surface area contributed by atoms with Gasteiger partial charge in [-0.05, 0) is 98.2 Å². The van der Waals surface area contributed by atoms with E-state index in [0.717, 1.165) is 30.1 Å². The number of rotatable bonds is 3. The van der Waals surface area contributed by atoms with Crippen molar-refractivity contribution in [2.45, 2.75) is 97.8 Å². The molecule has 4 aliphatic carbocycles. The number of hydrogen-bond acceptors (Lipinski definition) is 3. The number of ether oxygens (including phenoxy) is 1. The Morgan fingerprint density at radius 1 is 0.931 bits per heavy atom. The number of fused-ring (bicyclic) bond motifs is 5. The number of hydrogen-bond donors (Lipinski definition) is 1. The van der Waals surface area contributed by atoms with Crippen molar-refractivity contribution in [1.82, 2.24) is 0 Å². The zero-order chi connectivity index (χ0) is 21.2. The average molecular weight is 407 g/mol. The number of esters is 1. The molecule has 0 saturated heterocycles. The number of carbonyl (C=O) groups is 2. The summed E-state index contributed by atoms with van der Waals surface area (Å²) in [6.07, 6.45) is 15.6. The van der Waals surface area contributed by atoms with Gasteiger partial charge in [-0.15, -0.1) is 0 Å². The molecule has 0 heterocycles. The molecule has 29 heavy (non-hydrogen) atoms. The van der Waals surface area contributed by atoms with E-state index in [4.69, 9.17) is 5.11 Å². The van der Waals surface area contributed by atoms with Gasteiger partial charge in [0.05, 0.1) is 7.11 Å². The van der Waals surface area contributed by atoms with E-state index in [2.05, 4.69) is 18.6 Å². The molecule has 0 amide bonds. The first-order chi connectivity index (χ1) is 13.7. The van der Waals surface area contributed by atoms with Crippen LogP contribution in [-0.2, 0) is 14.3 Å². The van der Waals surface area contributed by atoms with Crippen LogP contribution in [0.15, 0.2) is 0 Å². The third kappa shape index (κ3) is 4.37. The molecule has 4 rings (SSSR count). The van der Waals surface area contributed by atoms with E-state index in [0.29, 0.717) is 23.2 Å². The van der Waals surface area contributed by atoms with E-state index in [1.807, 2.05) is 0 Å². The summed E-state index contributed by atoms with van der Waals surface area (Å²) >= 11 is 0.